The molecule has 0 fully saturated rings. The zero-order chi connectivity index (χ0) is 13.4. The lowest BCUT2D eigenvalue weighted by atomic mass is 10.2. The topological polar surface area (TPSA) is 63.6 Å². The maximum Gasteiger partial charge on any atom is 0.339 e. The molecule has 0 aromatic heterocycles. The van der Waals surface area contributed by atoms with Gasteiger partial charge < -0.3 is 9.84 Å². The van der Waals surface area contributed by atoms with Crippen molar-refractivity contribution in [3.8, 4) is 5.75 Å². The highest BCUT2D eigenvalue weighted by Crippen LogP contribution is 2.17. The number of carbonyl (C=O) groups is 2. The Morgan fingerprint density at radius 2 is 1.65 bits per heavy atom. The second-order valence-corrected chi connectivity index (χ2v) is 4.13. The average Bonchev–Trinajstić information content (AvgIpc) is 2.16. The number of hydrogen-bond donors (Lipinski definition) is 1. The number of hydrogen-bond acceptors (Lipinski definition) is 3. The number of esters is 1. The Morgan fingerprint density at radius 1 is 1.18 bits per heavy atom. The van der Waals surface area contributed by atoms with E-state index >= 15 is 0 Å². The summed E-state index contributed by atoms with van der Waals surface area (Å²) in [6, 6.07) is 5.98. The van der Waals surface area contributed by atoms with Crippen molar-refractivity contribution in [1.29, 1.82) is 0 Å². The Balaban J connectivity index is 0.000000557. The summed E-state index contributed by atoms with van der Waals surface area (Å²) in [6.45, 7) is 7.72. The van der Waals surface area contributed by atoms with Crippen LogP contribution in [0.1, 0.15) is 38.1 Å². The molecule has 0 saturated carbocycles. The zero-order valence-electron chi connectivity index (χ0n) is 10.6. The van der Waals surface area contributed by atoms with E-state index in [1.165, 1.54) is 19.1 Å². The van der Waals surface area contributed by atoms with Crippen LogP contribution < -0.4 is 4.74 Å². The molecule has 1 rings (SSSR count). The van der Waals surface area contributed by atoms with Gasteiger partial charge in [-0.15, -0.1) is 0 Å². The largest absolute Gasteiger partial charge is 0.478 e. The van der Waals surface area contributed by atoms with Gasteiger partial charge in [-0.3, -0.25) is 4.79 Å². The van der Waals surface area contributed by atoms with Crippen molar-refractivity contribution in [3.05, 3.63) is 29.8 Å². The minimum absolute atomic E-state index is 0.0160. The van der Waals surface area contributed by atoms with Crippen LogP contribution in [-0.2, 0) is 4.79 Å². The Labute approximate surface area is 101 Å². The van der Waals surface area contributed by atoms with E-state index in [4.69, 9.17) is 5.11 Å². The molecule has 4 nitrogen and oxygen atoms in total. The fourth-order valence-electron chi connectivity index (χ4n) is 0.887. The third kappa shape index (κ3) is 7.11. The third-order valence-corrected chi connectivity index (χ3v) is 1.37. The van der Waals surface area contributed by atoms with Gasteiger partial charge in [0.05, 0.1) is 0 Å². The van der Waals surface area contributed by atoms with E-state index in [1.54, 1.807) is 12.1 Å². The molecule has 0 aliphatic rings. The van der Waals surface area contributed by atoms with Crippen LogP contribution in [0.2, 0.25) is 0 Å². The number of carboxylic acid groups (broad SMARTS) is 1. The van der Waals surface area contributed by atoms with Crippen LogP contribution >= 0.6 is 0 Å². The lowest BCUT2D eigenvalue weighted by Gasteiger charge is -2.03. The van der Waals surface area contributed by atoms with Gasteiger partial charge in [0.25, 0.3) is 0 Å². The molecule has 0 atom stereocenters. The summed E-state index contributed by atoms with van der Waals surface area (Å²) in [4.78, 5) is 21.2. The third-order valence-electron chi connectivity index (χ3n) is 1.37. The monoisotopic (exact) mass is 238 g/mol. The quantitative estimate of drug-likeness (QED) is 0.635. The first kappa shape index (κ1) is 15.2. The van der Waals surface area contributed by atoms with E-state index in [2.05, 4.69) is 25.5 Å². The maximum atomic E-state index is 10.6. The molecule has 1 aromatic rings. The lowest BCUT2D eigenvalue weighted by Crippen LogP contribution is -2.06. The number of aromatic carboxylic acids is 1. The van der Waals surface area contributed by atoms with Gasteiger partial charge in [-0.1, -0.05) is 32.9 Å². The van der Waals surface area contributed by atoms with E-state index < -0.39 is 11.9 Å². The predicted molar refractivity (Wildman–Crippen MR) is 65.2 cm³/mol. The zero-order valence-corrected chi connectivity index (χ0v) is 10.6. The molecule has 17 heavy (non-hydrogen) atoms. The molecule has 4 heteroatoms. The van der Waals surface area contributed by atoms with Gasteiger partial charge in [-0.2, -0.15) is 0 Å². The Morgan fingerprint density at radius 3 is 2.06 bits per heavy atom. The summed E-state index contributed by atoms with van der Waals surface area (Å²) in [5.41, 5.74) is -0.0160. The van der Waals surface area contributed by atoms with E-state index in [0.29, 0.717) is 0 Å². The van der Waals surface area contributed by atoms with E-state index in [1.807, 2.05) is 0 Å². The fourth-order valence-corrected chi connectivity index (χ4v) is 0.887. The number of benzene rings is 1. The number of carbonyl (C=O) groups excluding carboxylic acids is 1. The number of ether oxygens (including phenoxy) is 1. The molecule has 0 unspecified atom stereocenters. The average molecular weight is 238 g/mol. The molecule has 1 N–H and O–H groups in total. The standard InChI is InChI=1S/C9H8O4.C4H10/c1-6(10)13-8-5-3-2-4-7(8)9(11)12;1-4(2)3/h2-5H,1H3,(H,11,12);4H,1-3H3. The van der Waals surface area contributed by atoms with Crippen LogP contribution in [0.4, 0.5) is 0 Å². The van der Waals surface area contributed by atoms with Crippen molar-refractivity contribution in [3.63, 3.8) is 0 Å². The molecule has 0 heterocycles. The van der Waals surface area contributed by atoms with Gasteiger partial charge in [0.2, 0.25) is 0 Å². The smallest absolute Gasteiger partial charge is 0.339 e. The van der Waals surface area contributed by atoms with Crippen LogP contribution in [0.25, 0.3) is 0 Å². The second-order valence-electron chi connectivity index (χ2n) is 4.13. The van der Waals surface area contributed by atoms with Crippen LogP contribution in [0.5, 0.6) is 5.75 Å². The summed E-state index contributed by atoms with van der Waals surface area (Å²) in [5, 5.41) is 8.69. The van der Waals surface area contributed by atoms with Gasteiger partial charge in [-0.25, -0.2) is 4.79 Å². The molecule has 0 radical (unpaired) electrons. The van der Waals surface area contributed by atoms with E-state index in [0.717, 1.165) is 5.92 Å². The molecule has 0 bridgehead atoms. The minimum Gasteiger partial charge on any atom is -0.478 e. The van der Waals surface area contributed by atoms with E-state index in [-0.39, 0.29) is 11.3 Å². The summed E-state index contributed by atoms with van der Waals surface area (Å²) < 4.78 is 4.69. The highest BCUT2D eigenvalue weighted by molar-refractivity contribution is 5.91. The molecule has 0 amide bonds. The highest BCUT2D eigenvalue weighted by atomic mass is 16.5. The summed E-state index contributed by atoms with van der Waals surface area (Å²) in [6.07, 6.45) is 0. The molecule has 0 spiro atoms. The summed E-state index contributed by atoms with van der Waals surface area (Å²) in [7, 11) is 0. The Hall–Kier alpha value is -1.84. The summed E-state index contributed by atoms with van der Waals surface area (Å²) >= 11 is 0. The first-order valence-corrected chi connectivity index (χ1v) is 5.35. The van der Waals surface area contributed by atoms with Gasteiger partial charge in [0, 0.05) is 6.92 Å². The normalized spacial score (nSPS) is 9.24. The maximum absolute atomic E-state index is 10.6. The van der Waals surface area contributed by atoms with Crippen molar-refractivity contribution in [2.75, 3.05) is 0 Å². The predicted octanol–water partition coefficient (Wildman–Crippen LogP) is 2.97. The van der Waals surface area contributed by atoms with Crippen molar-refractivity contribution in [1.82, 2.24) is 0 Å². The van der Waals surface area contributed by atoms with Crippen molar-refractivity contribution in [2.24, 2.45) is 5.92 Å². The van der Waals surface area contributed by atoms with Gasteiger partial charge in [0.1, 0.15) is 11.3 Å². The Kier molecular flexibility index (Phi) is 6.63. The van der Waals surface area contributed by atoms with Crippen LogP contribution in [-0.4, -0.2) is 17.0 Å². The SMILES string of the molecule is CC(=O)Oc1ccccc1C(=O)O.CC(C)C. The summed E-state index contributed by atoms with van der Waals surface area (Å²) in [5.74, 6) is -0.743. The van der Waals surface area contributed by atoms with Crippen LogP contribution in [0.3, 0.4) is 0 Å². The molecule has 0 aliphatic heterocycles. The van der Waals surface area contributed by atoms with Crippen LogP contribution in [0.15, 0.2) is 24.3 Å². The van der Waals surface area contributed by atoms with E-state index in [9.17, 15) is 9.59 Å². The number of para-hydroxylation sites is 1. The second kappa shape index (κ2) is 7.44. The number of rotatable bonds is 2. The molecule has 94 valence electrons. The van der Waals surface area contributed by atoms with Crippen molar-refractivity contribution < 1.29 is 19.4 Å². The highest BCUT2D eigenvalue weighted by Gasteiger charge is 2.10. The first-order valence-electron chi connectivity index (χ1n) is 5.35. The molecule has 0 aliphatic carbocycles. The minimum atomic E-state index is -1.11. The molecular formula is C13H18O4. The molecule has 0 saturated heterocycles. The van der Waals surface area contributed by atoms with Gasteiger partial charge in [-0.05, 0) is 18.1 Å². The van der Waals surface area contributed by atoms with Gasteiger partial charge in [0.15, 0.2) is 0 Å². The molecular weight excluding hydrogens is 220 g/mol. The van der Waals surface area contributed by atoms with Crippen molar-refractivity contribution in [2.45, 2.75) is 27.7 Å². The fraction of sp³-hybridized carbons (Fsp3) is 0.385. The van der Waals surface area contributed by atoms with Crippen LogP contribution in [0, 0.1) is 5.92 Å². The first-order chi connectivity index (χ1) is 7.84. The van der Waals surface area contributed by atoms with Crippen molar-refractivity contribution >= 4 is 11.9 Å². The van der Waals surface area contributed by atoms with Gasteiger partial charge >= 0.3 is 11.9 Å². The lowest BCUT2D eigenvalue weighted by molar-refractivity contribution is -0.131. The Bertz CT molecular complexity index is 380. The number of carboxylic acids is 1. The molecule has 1 aromatic carbocycles.